The van der Waals surface area contributed by atoms with Crippen molar-refractivity contribution in [2.24, 2.45) is 7.05 Å². The average molecular weight is 422 g/mol. The lowest BCUT2D eigenvalue weighted by atomic mass is 10.2. The molecular weight excluding hydrogens is 390 g/mol. The Bertz CT molecular complexity index is 1030. The van der Waals surface area contributed by atoms with Crippen molar-refractivity contribution in [3.8, 4) is 0 Å². The third-order valence-corrected chi connectivity index (χ3v) is 5.31. The number of nitrogens with zero attached hydrogens (tertiary/aromatic N) is 3. The highest BCUT2D eigenvalue weighted by Gasteiger charge is 2.12. The maximum Gasteiger partial charge on any atom is 0.412 e. The van der Waals surface area contributed by atoms with Crippen molar-refractivity contribution < 1.29 is 9.53 Å². The summed E-state index contributed by atoms with van der Waals surface area (Å²) in [7, 11) is 4.03. The van der Waals surface area contributed by atoms with E-state index < -0.39 is 6.09 Å². The first-order chi connectivity index (χ1) is 15.0. The first-order valence-electron chi connectivity index (χ1n) is 10.7. The number of benzene rings is 2. The third kappa shape index (κ3) is 5.84. The summed E-state index contributed by atoms with van der Waals surface area (Å²) < 4.78 is 7.24. The van der Waals surface area contributed by atoms with E-state index in [1.165, 1.54) is 0 Å². The van der Waals surface area contributed by atoms with Crippen LogP contribution >= 0.6 is 0 Å². The van der Waals surface area contributed by atoms with Crippen LogP contribution in [0, 0.1) is 5.41 Å². The number of para-hydroxylation sites is 2. The van der Waals surface area contributed by atoms with E-state index in [0.29, 0.717) is 18.7 Å². The Morgan fingerprint density at radius 2 is 1.87 bits per heavy atom. The number of hydrogen-bond donors (Lipinski definition) is 2. The fraction of sp³-hybridized carbons (Fsp3) is 0.375. The van der Waals surface area contributed by atoms with Gasteiger partial charge in [-0.3, -0.25) is 10.7 Å². The zero-order chi connectivity index (χ0) is 22.2. The maximum absolute atomic E-state index is 11.9. The first-order valence-corrected chi connectivity index (χ1v) is 10.7. The van der Waals surface area contributed by atoms with Gasteiger partial charge in [0, 0.05) is 25.3 Å². The summed E-state index contributed by atoms with van der Waals surface area (Å²) in [4.78, 5) is 18.7. The number of ether oxygens (including phenoxy) is 1. The maximum atomic E-state index is 11.9. The van der Waals surface area contributed by atoms with Crippen LogP contribution in [0.5, 0.6) is 0 Å². The Hall–Kier alpha value is -3.35. The van der Waals surface area contributed by atoms with Gasteiger partial charge < -0.3 is 14.2 Å². The van der Waals surface area contributed by atoms with Gasteiger partial charge in [0.05, 0.1) is 24.2 Å². The Balaban J connectivity index is 1.54. The van der Waals surface area contributed by atoms with Crippen LogP contribution in [0.4, 0.5) is 10.5 Å². The van der Waals surface area contributed by atoms with Gasteiger partial charge in [-0.25, -0.2) is 9.78 Å². The molecule has 0 spiro atoms. The second kappa shape index (κ2) is 10.6. The summed E-state index contributed by atoms with van der Waals surface area (Å²) in [5.41, 5.74) is 3.73. The molecule has 0 aliphatic heterocycles. The molecule has 2 aromatic carbocycles. The van der Waals surface area contributed by atoms with E-state index in [4.69, 9.17) is 15.1 Å². The number of aryl methyl sites for hydroxylation is 1. The second-order valence-corrected chi connectivity index (χ2v) is 7.68. The van der Waals surface area contributed by atoms with Gasteiger partial charge in [-0.05, 0) is 42.8 Å². The van der Waals surface area contributed by atoms with E-state index in [2.05, 4.69) is 27.8 Å². The van der Waals surface area contributed by atoms with Gasteiger partial charge in [0.2, 0.25) is 0 Å². The predicted octanol–water partition coefficient (Wildman–Crippen LogP) is 4.84. The smallest absolute Gasteiger partial charge is 0.412 e. The zero-order valence-electron chi connectivity index (χ0n) is 18.5. The quantitative estimate of drug-likeness (QED) is 0.294. The molecule has 1 heterocycles. The largest absolute Gasteiger partial charge is 0.449 e. The highest BCUT2D eigenvalue weighted by molar-refractivity contribution is 6.04. The fourth-order valence-electron chi connectivity index (χ4n) is 3.43. The molecule has 3 aromatic rings. The molecule has 2 N–H and O–H groups in total. The summed E-state index contributed by atoms with van der Waals surface area (Å²) in [5.74, 6) is 1.01. The summed E-state index contributed by atoms with van der Waals surface area (Å²) in [6.45, 7) is 3.17. The number of alkyl carbamates (subject to hydrolysis) is 1. The number of hydrogen-bond acceptors (Lipinski definition) is 5. The van der Waals surface area contributed by atoms with Gasteiger partial charge in [0.15, 0.2) is 0 Å². The van der Waals surface area contributed by atoms with Gasteiger partial charge in [-0.15, -0.1) is 0 Å². The molecule has 0 aliphatic carbocycles. The minimum atomic E-state index is -0.579. The van der Waals surface area contributed by atoms with Crippen molar-refractivity contribution in [1.82, 2.24) is 14.9 Å². The fourth-order valence-corrected chi connectivity index (χ4v) is 3.43. The van der Waals surface area contributed by atoms with Crippen LogP contribution in [0.25, 0.3) is 11.0 Å². The molecule has 0 unspecified atom stereocenters. The standard InChI is InChI=1S/C24H31N5O2/c1-4-5-6-9-16-31-24(30)27-23(25)18-12-14-19(15-13-18)28(2)17-22-26-20-10-7-8-11-21(20)29(22)3/h7-8,10-15H,4-6,9,16-17H2,1-3H3,(H2,25,27,30). The Morgan fingerprint density at radius 3 is 2.58 bits per heavy atom. The van der Waals surface area contributed by atoms with Crippen LogP contribution in [0.1, 0.15) is 44.0 Å². The van der Waals surface area contributed by atoms with E-state index in [-0.39, 0.29) is 5.84 Å². The molecule has 0 saturated heterocycles. The Kier molecular flexibility index (Phi) is 7.65. The molecule has 7 heteroatoms. The van der Waals surface area contributed by atoms with Crippen LogP contribution in [0.15, 0.2) is 48.5 Å². The SMILES string of the molecule is CCCCCCOC(=O)NC(=N)c1ccc(N(C)Cc2nc3ccccc3n2C)cc1. The van der Waals surface area contributed by atoms with Gasteiger partial charge in [-0.1, -0.05) is 38.3 Å². The number of nitrogens with one attached hydrogen (secondary N) is 2. The summed E-state index contributed by atoms with van der Waals surface area (Å²) >= 11 is 0. The number of amides is 1. The summed E-state index contributed by atoms with van der Waals surface area (Å²) in [6, 6.07) is 15.6. The molecule has 0 bridgehead atoms. The molecular formula is C24H31N5O2. The lowest BCUT2D eigenvalue weighted by Crippen LogP contribution is -2.31. The monoisotopic (exact) mass is 421 g/mol. The summed E-state index contributed by atoms with van der Waals surface area (Å²) in [5, 5.41) is 10.6. The normalized spacial score (nSPS) is 10.8. The molecule has 1 aromatic heterocycles. The third-order valence-electron chi connectivity index (χ3n) is 5.31. The van der Waals surface area contributed by atoms with Crippen LogP contribution in [0.2, 0.25) is 0 Å². The lowest BCUT2D eigenvalue weighted by Gasteiger charge is -2.19. The van der Waals surface area contributed by atoms with Crippen LogP contribution in [-0.4, -0.2) is 35.1 Å². The van der Waals surface area contributed by atoms with Crippen molar-refractivity contribution in [2.75, 3.05) is 18.6 Å². The van der Waals surface area contributed by atoms with Crippen LogP contribution in [-0.2, 0) is 18.3 Å². The van der Waals surface area contributed by atoms with Gasteiger partial charge in [-0.2, -0.15) is 0 Å². The van der Waals surface area contributed by atoms with E-state index in [0.717, 1.165) is 48.2 Å². The molecule has 1 amide bonds. The molecule has 0 radical (unpaired) electrons. The molecule has 0 fully saturated rings. The molecule has 0 saturated carbocycles. The molecule has 0 aliphatic rings. The van der Waals surface area contributed by atoms with Crippen molar-refractivity contribution >= 4 is 28.6 Å². The number of anilines is 1. The van der Waals surface area contributed by atoms with Crippen molar-refractivity contribution in [3.63, 3.8) is 0 Å². The van der Waals surface area contributed by atoms with E-state index in [1.807, 2.05) is 56.6 Å². The zero-order valence-corrected chi connectivity index (χ0v) is 18.5. The number of amidine groups is 1. The van der Waals surface area contributed by atoms with E-state index in [9.17, 15) is 4.79 Å². The number of imidazole rings is 1. The highest BCUT2D eigenvalue weighted by Crippen LogP contribution is 2.19. The number of carbonyl (C=O) groups excluding carboxylic acids is 1. The van der Waals surface area contributed by atoms with Gasteiger partial charge in [0.1, 0.15) is 11.7 Å². The van der Waals surface area contributed by atoms with Gasteiger partial charge in [0.25, 0.3) is 0 Å². The molecule has 164 valence electrons. The van der Waals surface area contributed by atoms with Gasteiger partial charge >= 0.3 is 6.09 Å². The molecule has 3 rings (SSSR count). The summed E-state index contributed by atoms with van der Waals surface area (Å²) in [6.07, 6.45) is 3.59. The molecule has 7 nitrogen and oxygen atoms in total. The minimum Gasteiger partial charge on any atom is -0.449 e. The number of fused-ring (bicyclic) bond motifs is 1. The van der Waals surface area contributed by atoms with Crippen molar-refractivity contribution in [2.45, 2.75) is 39.2 Å². The molecule has 31 heavy (non-hydrogen) atoms. The lowest BCUT2D eigenvalue weighted by molar-refractivity contribution is 0.149. The van der Waals surface area contributed by atoms with E-state index >= 15 is 0 Å². The first kappa shape index (κ1) is 22.3. The highest BCUT2D eigenvalue weighted by atomic mass is 16.5. The Morgan fingerprint density at radius 1 is 1.13 bits per heavy atom. The number of unbranched alkanes of at least 4 members (excludes halogenated alkanes) is 3. The Labute approximate surface area is 183 Å². The number of aromatic nitrogens is 2. The van der Waals surface area contributed by atoms with Crippen molar-refractivity contribution in [3.05, 3.63) is 59.9 Å². The minimum absolute atomic E-state index is 0.0307. The van der Waals surface area contributed by atoms with Crippen molar-refractivity contribution in [1.29, 1.82) is 5.41 Å². The van der Waals surface area contributed by atoms with Crippen LogP contribution < -0.4 is 10.2 Å². The number of carbonyl (C=O) groups is 1. The predicted molar refractivity (Wildman–Crippen MR) is 125 cm³/mol. The van der Waals surface area contributed by atoms with Crippen LogP contribution in [0.3, 0.4) is 0 Å². The number of rotatable bonds is 9. The van der Waals surface area contributed by atoms with E-state index in [1.54, 1.807) is 0 Å². The average Bonchev–Trinajstić information content (AvgIpc) is 3.09. The second-order valence-electron chi connectivity index (χ2n) is 7.68. The molecule has 0 atom stereocenters. The topological polar surface area (TPSA) is 83.2 Å².